The van der Waals surface area contributed by atoms with Gasteiger partial charge in [0.05, 0.1) is 24.5 Å². The van der Waals surface area contributed by atoms with Crippen molar-refractivity contribution < 1.29 is 9.53 Å². The fourth-order valence-electron chi connectivity index (χ4n) is 4.18. The summed E-state index contributed by atoms with van der Waals surface area (Å²) in [6, 6.07) is 6.28. The molecule has 1 aliphatic rings. The van der Waals surface area contributed by atoms with E-state index in [1.165, 1.54) is 16.9 Å². The van der Waals surface area contributed by atoms with E-state index in [0.717, 1.165) is 47.5 Å². The second kappa shape index (κ2) is 8.70. The van der Waals surface area contributed by atoms with Crippen molar-refractivity contribution in [1.29, 1.82) is 0 Å². The van der Waals surface area contributed by atoms with Crippen molar-refractivity contribution in [2.45, 2.75) is 40.2 Å². The summed E-state index contributed by atoms with van der Waals surface area (Å²) in [5.41, 5.74) is 4.29. The molecule has 0 atom stereocenters. The average Bonchev–Trinajstić information content (AvgIpc) is 3.13. The molecule has 0 radical (unpaired) electrons. The zero-order chi connectivity index (χ0) is 21.3. The first-order valence-corrected chi connectivity index (χ1v) is 11.3. The summed E-state index contributed by atoms with van der Waals surface area (Å²) < 4.78 is 5.14. The van der Waals surface area contributed by atoms with Gasteiger partial charge in [0.25, 0.3) is 5.56 Å². The Morgan fingerprint density at radius 2 is 2.03 bits per heavy atom. The van der Waals surface area contributed by atoms with E-state index < -0.39 is 0 Å². The predicted octanol–water partition coefficient (Wildman–Crippen LogP) is 4.04. The number of aromatic amines is 1. The molecule has 1 aliphatic heterocycles. The first-order chi connectivity index (χ1) is 14.5. The molecule has 6 nitrogen and oxygen atoms in total. The zero-order valence-corrected chi connectivity index (χ0v) is 18.5. The number of rotatable bonds is 5. The van der Waals surface area contributed by atoms with Gasteiger partial charge in [-0.15, -0.1) is 11.3 Å². The average molecular weight is 426 g/mol. The summed E-state index contributed by atoms with van der Waals surface area (Å²) in [5, 5.41) is 2.69. The Morgan fingerprint density at radius 1 is 1.27 bits per heavy atom. The molecule has 0 saturated carbocycles. The summed E-state index contributed by atoms with van der Waals surface area (Å²) in [7, 11) is 0. The summed E-state index contributed by atoms with van der Waals surface area (Å²) in [4.78, 5) is 35.6. The van der Waals surface area contributed by atoms with Crippen LogP contribution in [0.1, 0.15) is 36.7 Å². The molecule has 0 bridgehead atoms. The van der Waals surface area contributed by atoms with E-state index in [4.69, 9.17) is 9.72 Å². The Hall–Kier alpha value is -2.51. The molecule has 1 aromatic carbocycles. The fraction of sp³-hybridized carbons (Fsp3) is 0.435. The molecule has 0 aliphatic carbocycles. The van der Waals surface area contributed by atoms with Gasteiger partial charge in [-0.25, -0.2) is 4.98 Å². The number of aromatic nitrogens is 2. The van der Waals surface area contributed by atoms with Gasteiger partial charge in [0.1, 0.15) is 10.7 Å². The van der Waals surface area contributed by atoms with Crippen LogP contribution in [0, 0.1) is 19.8 Å². The Kier molecular flexibility index (Phi) is 6.01. The van der Waals surface area contributed by atoms with Crippen molar-refractivity contribution in [3.63, 3.8) is 0 Å². The number of likely N-dealkylation sites (tertiary alicyclic amines) is 1. The Morgan fingerprint density at radius 3 is 2.73 bits per heavy atom. The minimum Gasteiger partial charge on any atom is -0.466 e. The van der Waals surface area contributed by atoms with Crippen molar-refractivity contribution in [1.82, 2.24) is 14.9 Å². The molecule has 1 fully saturated rings. The van der Waals surface area contributed by atoms with Gasteiger partial charge in [-0.2, -0.15) is 0 Å². The van der Waals surface area contributed by atoms with E-state index in [0.29, 0.717) is 24.4 Å². The van der Waals surface area contributed by atoms with Crippen molar-refractivity contribution >= 4 is 27.5 Å². The SMILES string of the molecule is CCOC(=O)C1CCN(Cc2nc3scc(-c4ccc(C)cc4C)c3c(=O)[nH]2)CC1. The van der Waals surface area contributed by atoms with Gasteiger partial charge in [-0.3, -0.25) is 14.5 Å². The molecule has 1 N–H and O–H groups in total. The lowest BCUT2D eigenvalue weighted by molar-refractivity contribution is -0.149. The number of nitrogens with one attached hydrogen (secondary N) is 1. The van der Waals surface area contributed by atoms with E-state index in [2.05, 4.69) is 41.9 Å². The normalized spacial score (nSPS) is 15.6. The van der Waals surface area contributed by atoms with Gasteiger partial charge < -0.3 is 9.72 Å². The molecule has 4 rings (SSSR count). The van der Waals surface area contributed by atoms with Crippen LogP contribution in [0.25, 0.3) is 21.3 Å². The van der Waals surface area contributed by atoms with Crippen LogP contribution in [0.4, 0.5) is 0 Å². The lowest BCUT2D eigenvalue weighted by Crippen LogP contribution is -2.37. The van der Waals surface area contributed by atoms with Crippen molar-refractivity contribution in [3.05, 3.63) is 50.9 Å². The minimum absolute atomic E-state index is 0.0201. The number of carbonyl (C=O) groups is 1. The largest absolute Gasteiger partial charge is 0.466 e. The number of hydrogen-bond donors (Lipinski definition) is 1. The number of aryl methyl sites for hydroxylation is 2. The summed E-state index contributed by atoms with van der Waals surface area (Å²) in [6.45, 7) is 8.57. The first kappa shape index (κ1) is 20.8. The maximum Gasteiger partial charge on any atom is 0.309 e. The summed E-state index contributed by atoms with van der Waals surface area (Å²) in [6.07, 6.45) is 1.56. The van der Waals surface area contributed by atoms with Crippen LogP contribution in [-0.2, 0) is 16.1 Å². The molecule has 0 amide bonds. The smallest absolute Gasteiger partial charge is 0.309 e. The van der Waals surface area contributed by atoms with Gasteiger partial charge >= 0.3 is 5.97 Å². The third-order valence-electron chi connectivity index (χ3n) is 5.75. The monoisotopic (exact) mass is 425 g/mol. The molecule has 3 aromatic rings. The second-order valence-corrected chi connectivity index (χ2v) is 8.82. The molecule has 7 heteroatoms. The number of H-pyrrole nitrogens is 1. The van der Waals surface area contributed by atoms with Crippen LogP contribution in [-0.4, -0.2) is 40.5 Å². The predicted molar refractivity (Wildman–Crippen MR) is 120 cm³/mol. The number of hydrogen-bond acceptors (Lipinski definition) is 6. The number of nitrogens with zero attached hydrogens (tertiary/aromatic N) is 2. The molecular weight excluding hydrogens is 398 g/mol. The highest BCUT2D eigenvalue weighted by Gasteiger charge is 2.26. The number of ether oxygens (including phenoxy) is 1. The second-order valence-electron chi connectivity index (χ2n) is 7.96. The Labute approximate surface area is 179 Å². The number of carbonyl (C=O) groups excluding carboxylic acids is 1. The molecular formula is C23H27N3O3S. The highest BCUT2D eigenvalue weighted by Crippen LogP contribution is 2.33. The molecule has 1 saturated heterocycles. The molecule has 3 heterocycles. The van der Waals surface area contributed by atoms with E-state index in [1.54, 1.807) is 0 Å². The van der Waals surface area contributed by atoms with Crippen LogP contribution < -0.4 is 5.56 Å². The fourth-order valence-corrected chi connectivity index (χ4v) is 5.14. The van der Waals surface area contributed by atoms with E-state index in [9.17, 15) is 9.59 Å². The van der Waals surface area contributed by atoms with Gasteiger partial charge in [0, 0.05) is 10.9 Å². The van der Waals surface area contributed by atoms with E-state index in [1.807, 2.05) is 12.3 Å². The molecule has 158 valence electrons. The summed E-state index contributed by atoms with van der Waals surface area (Å²) in [5.74, 6) is 0.562. The van der Waals surface area contributed by atoms with Crippen molar-refractivity contribution in [2.24, 2.45) is 5.92 Å². The first-order valence-electron chi connectivity index (χ1n) is 10.4. The van der Waals surface area contributed by atoms with Crippen LogP contribution in [0.3, 0.4) is 0 Å². The van der Waals surface area contributed by atoms with Crippen LogP contribution in [0.15, 0.2) is 28.4 Å². The van der Waals surface area contributed by atoms with Crippen molar-refractivity contribution in [3.8, 4) is 11.1 Å². The van der Waals surface area contributed by atoms with E-state index >= 15 is 0 Å². The van der Waals surface area contributed by atoms with Crippen molar-refractivity contribution in [2.75, 3.05) is 19.7 Å². The number of thiophene rings is 1. The Bertz CT molecular complexity index is 1130. The molecule has 30 heavy (non-hydrogen) atoms. The van der Waals surface area contributed by atoms with Crippen LogP contribution >= 0.6 is 11.3 Å². The van der Waals surface area contributed by atoms with Gasteiger partial charge in [0.15, 0.2) is 0 Å². The number of piperidine rings is 1. The van der Waals surface area contributed by atoms with E-state index in [-0.39, 0.29) is 17.4 Å². The standard InChI is InChI=1S/C23H27N3O3S/c1-4-29-23(28)16-7-9-26(10-8-16)12-19-24-21(27)20-18(13-30-22(20)25-19)17-6-5-14(2)11-15(17)3/h5-6,11,13,16H,4,7-10,12H2,1-3H3,(H,24,25,27). The number of benzene rings is 1. The quantitative estimate of drug-likeness (QED) is 0.625. The molecule has 0 unspecified atom stereocenters. The number of esters is 1. The maximum atomic E-state index is 12.9. The third kappa shape index (κ3) is 4.18. The van der Waals surface area contributed by atoms with Gasteiger partial charge in [0.2, 0.25) is 0 Å². The van der Waals surface area contributed by atoms with Crippen LogP contribution in [0.5, 0.6) is 0 Å². The molecule has 2 aromatic heterocycles. The highest BCUT2D eigenvalue weighted by atomic mass is 32.1. The van der Waals surface area contributed by atoms with Gasteiger partial charge in [-0.1, -0.05) is 23.8 Å². The van der Waals surface area contributed by atoms with Gasteiger partial charge in [-0.05, 0) is 57.8 Å². The zero-order valence-electron chi connectivity index (χ0n) is 17.7. The molecule has 0 spiro atoms. The third-order valence-corrected chi connectivity index (χ3v) is 6.62. The topological polar surface area (TPSA) is 75.3 Å². The highest BCUT2D eigenvalue weighted by molar-refractivity contribution is 7.17. The summed E-state index contributed by atoms with van der Waals surface area (Å²) >= 11 is 1.51. The lowest BCUT2D eigenvalue weighted by Gasteiger charge is -2.30. The van der Waals surface area contributed by atoms with Crippen LogP contribution in [0.2, 0.25) is 0 Å². The number of fused-ring (bicyclic) bond motifs is 1. The Balaban J connectivity index is 1.52. The minimum atomic E-state index is -0.0948. The lowest BCUT2D eigenvalue weighted by atomic mass is 9.97. The maximum absolute atomic E-state index is 12.9.